The Morgan fingerprint density at radius 1 is 1.29 bits per heavy atom. The zero-order valence-corrected chi connectivity index (χ0v) is 12.4. The molecule has 2 aliphatic rings. The minimum absolute atomic E-state index is 0.00367. The van der Waals surface area contributed by atoms with Gasteiger partial charge in [-0.2, -0.15) is 0 Å². The zero-order chi connectivity index (χ0) is 14.8. The summed E-state index contributed by atoms with van der Waals surface area (Å²) in [5, 5.41) is 9.53. The summed E-state index contributed by atoms with van der Waals surface area (Å²) in [6.45, 7) is -0.206. The maximum absolute atomic E-state index is 12.4. The zero-order valence-electron chi connectivity index (χ0n) is 12.4. The van der Waals surface area contributed by atoms with Crippen molar-refractivity contribution in [3.8, 4) is 0 Å². The highest BCUT2D eigenvalue weighted by Gasteiger charge is 2.40. The molecule has 2 unspecified atom stereocenters. The summed E-state index contributed by atoms with van der Waals surface area (Å²) in [7, 11) is 2.17. The normalized spacial score (nSPS) is 30.1. The number of ether oxygens (including phenoxy) is 1. The van der Waals surface area contributed by atoms with Gasteiger partial charge < -0.3 is 14.7 Å². The van der Waals surface area contributed by atoms with Crippen LogP contribution in [-0.2, 0) is 9.53 Å². The summed E-state index contributed by atoms with van der Waals surface area (Å²) < 4.78 is 5.70. The van der Waals surface area contributed by atoms with E-state index in [2.05, 4.69) is 11.9 Å². The summed E-state index contributed by atoms with van der Waals surface area (Å²) in [6, 6.07) is 10.5. The van der Waals surface area contributed by atoms with E-state index in [9.17, 15) is 9.90 Å². The van der Waals surface area contributed by atoms with Crippen LogP contribution >= 0.6 is 0 Å². The fraction of sp³-hybridized carbons (Fsp3) is 0.588. The molecule has 0 saturated carbocycles. The van der Waals surface area contributed by atoms with Crippen LogP contribution in [0.2, 0.25) is 0 Å². The molecule has 0 spiro atoms. The van der Waals surface area contributed by atoms with Crippen LogP contribution < -0.4 is 0 Å². The number of carbonyl (C=O) groups excluding carboxylic acids is 1. The van der Waals surface area contributed by atoms with Gasteiger partial charge in [0.25, 0.3) is 0 Å². The van der Waals surface area contributed by atoms with Crippen LogP contribution in [-0.4, -0.2) is 47.8 Å². The molecule has 0 aromatic heterocycles. The molecular formula is C17H23NO3. The summed E-state index contributed by atoms with van der Waals surface area (Å²) in [6.07, 6.45) is 4.26. The molecule has 3 rings (SSSR count). The topological polar surface area (TPSA) is 49.8 Å². The number of aliphatic hydroxyl groups excluding tert-OH is 1. The standard InChI is InChI=1S/C17H23NO3/c1-18-13-7-8-14(18)10-15(9-13)21-17(20)16(11-19)12-5-3-2-4-6-12/h2-6,13-16,19H,7-11H2,1H3/t13-,14?,15?,16-/m1/s1. The Kier molecular flexibility index (Phi) is 4.27. The largest absolute Gasteiger partial charge is 0.462 e. The molecule has 1 aromatic rings. The average Bonchev–Trinajstić information content (AvgIpc) is 2.72. The third kappa shape index (κ3) is 2.97. The molecular weight excluding hydrogens is 266 g/mol. The lowest BCUT2D eigenvalue weighted by Gasteiger charge is -2.36. The van der Waals surface area contributed by atoms with Crippen molar-refractivity contribution >= 4 is 5.97 Å². The van der Waals surface area contributed by atoms with Gasteiger partial charge in [0.15, 0.2) is 0 Å². The monoisotopic (exact) mass is 289 g/mol. The van der Waals surface area contributed by atoms with Gasteiger partial charge in [-0.25, -0.2) is 0 Å². The summed E-state index contributed by atoms with van der Waals surface area (Å²) in [5.74, 6) is -0.860. The molecule has 2 heterocycles. The average molecular weight is 289 g/mol. The van der Waals surface area contributed by atoms with Gasteiger partial charge in [0, 0.05) is 12.1 Å². The molecule has 1 aromatic carbocycles. The van der Waals surface area contributed by atoms with Crippen LogP contribution in [0.3, 0.4) is 0 Å². The second-order valence-corrected chi connectivity index (χ2v) is 6.23. The highest BCUT2D eigenvalue weighted by molar-refractivity contribution is 5.78. The SMILES string of the molecule is CN1C2CC[C@@H]1CC(OC(=O)[C@H](CO)c1ccccc1)C2. The van der Waals surface area contributed by atoms with Gasteiger partial charge in [0.2, 0.25) is 0 Å². The van der Waals surface area contributed by atoms with Crippen molar-refractivity contribution in [2.24, 2.45) is 0 Å². The highest BCUT2D eigenvalue weighted by atomic mass is 16.5. The molecule has 2 fully saturated rings. The summed E-state index contributed by atoms with van der Waals surface area (Å²) >= 11 is 0. The predicted octanol–water partition coefficient (Wildman–Crippen LogP) is 1.93. The number of hydrogen-bond acceptors (Lipinski definition) is 4. The highest BCUT2D eigenvalue weighted by Crippen LogP contribution is 2.36. The van der Waals surface area contributed by atoms with Crippen LogP contribution in [0.5, 0.6) is 0 Å². The lowest BCUT2D eigenvalue weighted by molar-refractivity contribution is -0.155. The molecule has 2 bridgehead atoms. The smallest absolute Gasteiger partial charge is 0.316 e. The summed E-state index contributed by atoms with van der Waals surface area (Å²) in [4.78, 5) is 14.8. The number of fused-ring (bicyclic) bond motifs is 2. The third-order valence-electron chi connectivity index (χ3n) is 5.01. The van der Waals surface area contributed by atoms with Crippen LogP contribution in [0, 0.1) is 0 Å². The van der Waals surface area contributed by atoms with Crippen molar-refractivity contribution in [2.75, 3.05) is 13.7 Å². The molecule has 4 nitrogen and oxygen atoms in total. The quantitative estimate of drug-likeness (QED) is 0.861. The first-order valence-corrected chi connectivity index (χ1v) is 7.77. The van der Waals surface area contributed by atoms with Gasteiger partial charge in [0.05, 0.1) is 6.61 Å². The second kappa shape index (κ2) is 6.16. The molecule has 2 aliphatic heterocycles. The fourth-order valence-electron chi connectivity index (χ4n) is 3.71. The Bertz CT molecular complexity index is 476. The van der Waals surface area contributed by atoms with E-state index in [0.717, 1.165) is 18.4 Å². The van der Waals surface area contributed by atoms with Crippen molar-refractivity contribution < 1.29 is 14.6 Å². The van der Waals surface area contributed by atoms with Crippen LogP contribution in [0.1, 0.15) is 37.2 Å². The molecule has 1 N–H and O–H groups in total. The first-order valence-electron chi connectivity index (χ1n) is 7.77. The summed E-state index contributed by atoms with van der Waals surface area (Å²) in [5.41, 5.74) is 0.820. The number of rotatable bonds is 4. The Balaban J connectivity index is 1.63. The number of hydrogen-bond donors (Lipinski definition) is 1. The lowest BCUT2D eigenvalue weighted by Crippen LogP contribution is -2.43. The minimum Gasteiger partial charge on any atom is -0.462 e. The van der Waals surface area contributed by atoms with E-state index in [1.165, 1.54) is 12.8 Å². The fourth-order valence-corrected chi connectivity index (χ4v) is 3.71. The van der Waals surface area contributed by atoms with Crippen molar-refractivity contribution in [1.29, 1.82) is 0 Å². The number of esters is 1. The van der Waals surface area contributed by atoms with Gasteiger partial charge in [-0.3, -0.25) is 4.79 Å². The van der Waals surface area contributed by atoms with Crippen LogP contribution in [0.15, 0.2) is 30.3 Å². The Morgan fingerprint density at radius 2 is 1.90 bits per heavy atom. The molecule has 4 heteroatoms. The van der Waals surface area contributed by atoms with Gasteiger partial charge in [-0.15, -0.1) is 0 Å². The van der Waals surface area contributed by atoms with Gasteiger partial charge in [-0.1, -0.05) is 30.3 Å². The van der Waals surface area contributed by atoms with Crippen molar-refractivity contribution in [2.45, 2.75) is 49.8 Å². The maximum Gasteiger partial charge on any atom is 0.316 e. The number of aliphatic hydroxyl groups is 1. The Labute approximate surface area is 125 Å². The lowest BCUT2D eigenvalue weighted by atomic mass is 9.98. The van der Waals surface area contributed by atoms with E-state index in [1.54, 1.807) is 0 Å². The van der Waals surface area contributed by atoms with E-state index in [4.69, 9.17) is 4.74 Å². The van der Waals surface area contributed by atoms with Crippen LogP contribution in [0.25, 0.3) is 0 Å². The third-order valence-corrected chi connectivity index (χ3v) is 5.01. The second-order valence-electron chi connectivity index (χ2n) is 6.23. The Hall–Kier alpha value is -1.39. The molecule has 114 valence electrons. The molecule has 0 radical (unpaired) electrons. The van der Waals surface area contributed by atoms with Gasteiger partial charge in [-0.05, 0) is 38.3 Å². The minimum atomic E-state index is -0.566. The number of nitrogens with zero attached hydrogens (tertiary/aromatic N) is 1. The number of carbonyl (C=O) groups is 1. The van der Waals surface area contributed by atoms with E-state index in [-0.39, 0.29) is 18.7 Å². The molecule has 2 saturated heterocycles. The van der Waals surface area contributed by atoms with Gasteiger partial charge >= 0.3 is 5.97 Å². The van der Waals surface area contributed by atoms with Gasteiger partial charge in [0.1, 0.15) is 12.0 Å². The number of piperidine rings is 1. The molecule has 0 amide bonds. The van der Waals surface area contributed by atoms with E-state index in [0.29, 0.717) is 12.1 Å². The maximum atomic E-state index is 12.4. The molecule has 4 atom stereocenters. The van der Waals surface area contributed by atoms with Crippen molar-refractivity contribution in [3.05, 3.63) is 35.9 Å². The van der Waals surface area contributed by atoms with Crippen LogP contribution in [0.4, 0.5) is 0 Å². The van der Waals surface area contributed by atoms with E-state index in [1.807, 2.05) is 30.3 Å². The first kappa shape index (κ1) is 14.5. The first-order chi connectivity index (χ1) is 10.2. The van der Waals surface area contributed by atoms with Crippen molar-refractivity contribution in [3.63, 3.8) is 0 Å². The van der Waals surface area contributed by atoms with E-state index >= 15 is 0 Å². The Morgan fingerprint density at radius 3 is 2.48 bits per heavy atom. The predicted molar refractivity (Wildman–Crippen MR) is 80.0 cm³/mol. The number of benzene rings is 1. The van der Waals surface area contributed by atoms with E-state index < -0.39 is 5.92 Å². The van der Waals surface area contributed by atoms with Crippen molar-refractivity contribution in [1.82, 2.24) is 4.90 Å². The molecule has 0 aliphatic carbocycles. The molecule has 21 heavy (non-hydrogen) atoms.